The number of non-ortho nitro benzene ring substituents is 1. The maximum Gasteiger partial charge on any atom is 0.318 e. The van der Waals surface area contributed by atoms with Gasteiger partial charge >= 0.3 is 5.69 Å². The van der Waals surface area contributed by atoms with Gasteiger partial charge < -0.3 is 4.74 Å². The highest BCUT2D eigenvalue weighted by Crippen LogP contribution is 2.41. The zero-order valence-corrected chi connectivity index (χ0v) is 24.1. The molecule has 0 bridgehead atoms. The molecule has 222 valence electrons. The van der Waals surface area contributed by atoms with Crippen LogP contribution in [0, 0.1) is 26.0 Å². The number of ether oxygens (including phenoxy) is 1. The predicted molar refractivity (Wildman–Crippen MR) is 165 cm³/mol. The molecule has 1 atom stereocenters. The lowest BCUT2D eigenvalue weighted by atomic mass is 9.83. The van der Waals surface area contributed by atoms with Gasteiger partial charge in [-0.3, -0.25) is 29.6 Å². The van der Waals surface area contributed by atoms with Crippen molar-refractivity contribution in [2.75, 3.05) is 0 Å². The van der Waals surface area contributed by atoms with Crippen LogP contribution in [0.1, 0.15) is 34.7 Å². The number of rotatable bonds is 6. The molecule has 0 unspecified atom stereocenters. The highest BCUT2D eigenvalue weighted by Gasteiger charge is 2.32. The molecule has 0 saturated carbocycles. The first-order chi connectivity index (χ1) is 21.8. The van der Waals surface area contributed by atoms with Crippen molar-refractivity contribution in [2.24, 2.45) is 4.99 Å². The molecule has 1 aliphatic heterocycles. The van der Waals surface area contributed by atoms with Crippen LogP contribution < -0.4 is 19.6 Å². The van der Waals surface area contributed by atoms with Crippen molar-refractivity contribution in [1.29, 1.82) is 0 Å². The lowest BCUT2D eigenvalue weighted by Crippen LogP contribution is -2.38. The molecule has 0 saturated heterocycles. The van der Waals surface area contributed by atoms with Crippen molar-refractivity contribution >= 4 is 34.5 Å². The van der Waals surface area contributed by atoms with E-state index in [0.717, 1.165) is 41.0 Å². The highest BCUT2D eigenvalue weighted by atomic mass is 32.1. The van der Waals surface area contributed by atoms with Crippen molar-refractivity contribution < 1.29 is 19.0 Å². The van der Waals surface area contributed by atoms with Crippen molar-refractivity contribution in [1.82, 2.24) is 4.57 Å². The molecule has 12 heteroatoms. The van der Waals surface area contributed by atoms with Gasteiger partial charge in [-0.1, -0.05) is 59.9 Å². The second-order valence-electron chi connectivity index (χ2n) is 10.5. The molecule has 5 aromatic rings. The number of aryl methyl sites for hydroxylation is 1. The SMILES string of the molecule is O=c1/c(=C/c2cccc(Oc3ccc([N+](=O)[O-])cc3[N+](=O)[O-])c2)sc2n1[C@H](c1ccc(F)cc1)C1=C(N=2)c2ccccc2CC1. The number of nitrogens with zero attached hydrogens (tertiary/aromatic N) is 4. The van der Waals surface area contributed by atoms with Crippen LogP contribution in [0.25, 0.3) is 11.8 Å². The van der Waals surface area contributed by atoms with E-state index in [1.165, 1.54) is 35.1 Å². The minimum absolute atomic E-state index is 0.160. The Bertz CT molecular complexity index is 2260. The molecular formula is C33H21FN4O6S. The number of thiazole rings is 1. The zero-order chi connectivity index (χ0) is 31.2. The van der Waals surface area contributed by atoms with E-state index in [4.69, 9.17) is 9.73 Å². The fraction of sp³-hybridized carbons (Fsp3) is 0.0909. The number of hydrogen-bond donors (Lipinski definition) is 0. The van der Waals surface area contributed by atoms with Crippen molar-refractivity contribution in [3.63, 3.8) is 0 Å². The first-order valence-electron chi connectivity index (χ1n) is 13.9. The average molecular weight is 621 g/mol. The van der Waals surface area contributed by atoms with Crippen LogP contribution in [-0.2, 0) is 6.42 Å². The normalized spacial score (nSPS) is 15.5. The minimum atomic E-state index is -0.748. The van der Waals surface area contributed by atoms with Crippen LogP contribution in [0.4, 0.5) is 15.8 Å². The third-order valence-corrected chi connectivity index (χ3v) is 8.78. The Kier molecular flexibility index (Phi) is 6.90. The number of nitro groups is 2. The fourth-order valence-corrected chi connectivity index (χ4v) is 6.76. The Morgan fingerprint density at radius 1 is 0.933 bits per heavy atom. The third-order valence-electron chi connectivity index (χ3n) is 7.79. The largest absolute Gasteiger partial charge is 0.450 e. The van der Waals surface area contributed by atoms with E-state index in [1.807, 2.05) is 18.2 Å². The first kappa shape index (κ1) is 28.0. The topological polar surface area (TPSA) is 130 Å². The summed E-state index contributed by atoms with van der Waals surface area (Å²) in [5.74, 6) is -0.285. The lowest BCUT2D eigenvalue weighted by molar-refractivity contribution is -0.394. The Hall–Kier alpha value is -5.75. The molecule has 0 N–H and O–H groups in total. The highest BCUT2D eigenvalue weighted by molar-refractivity contribution is 7.07. The second kappa shape index (κ2) is 11.1. The van der Waals surface area contributed by atoms with Crippen LogP contribution in [0.2, 0.25) is 0 Å². The number of allylic oxidation sites excluding steroid dienone is 1. The van der Waals surface area contributed by atoms with Crippen molar-refractivity contribution in [3.05, 3.63) is 165 Å². The van der Waals surface area contributed by atoms with E-state index in [0.29, 0.717) is 21.3 Å². The summed E-state index contributed by atoms with van der Waals surface area (Å²) in [5.41, 5.74) is 4.18. The minimum Gasteiger partial charge on any atom is -0.450 e. The van der Waals surface area contributed by atoms with Crippen LogP contribution >= 0.6 is 11.3 Å². The molecule has 2 aliphatic rings. The van der Waals surface area contributed by atoms with Gasteiger partial charge in [-0.15, -0.1) is 0 Å². The molecular weight excluding hydrogens is 599 g/mol. The second-order valence-corrected chi connectivity index (χ2v) is 11.5. The number of benzene rings is 4. The van der Waals surface area contributed by atoms with Gasteiger partial charge in [-0.2, -0.15) is 0 Å². The van der Waals surface area contributed by atoms with E-state index in [1.54, 1.807) is 47.0 Å². The van der Waals surface area contributed by atoms with Crippen LogP contribution in [0.15, 0.2) is 106 Å². The Morgan fingerprint density at radius 3 is 2.51 bits per heavy atom. The summed E-state index contributed by atoms with van der Waals surface area (Å²) in [6.45, 7) is 0. The smallest absolute Gasteiger partial charge is 0.318 e. The molecule has 2 heterocycles. The zero-order valence-electron chi connectivity index (χ0n) is 23.3. The summed E-state index contributed by atoms with van der Waals surface area (Å²) in [7, 11) is 0. The maximum absolute atomic E-state index is 14.0. The number of aromatic nitrogens is 1. The molecule has 0 spiro atoms. The third kappa shape index (κ3) is 5.10. The van der Waals surface area contributed by atoms with Gasteiger partial charge in [-0.25, -0.2) is 9.38 Å². The summed E-state index contributed by atoms with van der Waals surface area (Å²) in [6, 6.07) is 23.6. The van der Waals surface area contributed by atoms with E-state index in [-0.39, 0.29) is 22.9 Å². The molecule has 1 aromatic heterocycles. The molecule has 0 fully saturated rings. The van der Waals surface area contributed by atoms with Gasteiger partial charge in [-0.05, 0) is 71.5 Å². The summed E-state index contributed by atoms with van der Waals surface area (Å²) in [4.78, 5) is 40.7. The quantitative estimate of drug-likeness (QED) is 0.167. The molecule has 0 amide bonds. The van der Waals surface area contributed by atoms with Crippen LogP contribution in [0.3, 0.4) is 0 Å². The first-order valence-corrected chi connectivity index (χ1v) is 14.7. The number of fused-ring (bicyclic) bond motifs is 3. The molecule has 10 nitrogen and oxygen atoms in total. The molecule has 7 rings (SSSR count). The van der Waals surface area contributed by atoms with Gasteiger partial charge in [0.2, 0.25) is 5.75 Å². The van der Waals surface area contributed by atoms with Crippen LogP contribution in [0.5, 0.6) is 11.5 Å². The summed E-state index contributed by atoms with van der Waals surface area (Å²) >= 11 is 1.24. The summed E-state index contributed by atoms with van der Waals surface area (Å²) in [5, 5.41) is 22.7. The predicted octanol–water partition coefficient (Wildman–Crippen LogP) is 6.07. The van der Waals surface area contributed by atoms with E-state index in [2.05, 4.69) is 6.07 Å². The van der Waals surface area contributed by atoms with Crippen molar-refractivity contribution in [3.8, 4) is 11.5 Å². The Labute approximate surface area is 257 Å². The summed E-state index contributed by atoms with van der Waals surface area (Å²) < 4.78 is 21.7. The molecule has 45 heavy (non-hydrogen) atoms. The maximum atomic E-state index is 14.0. The monoisotopic (exact) mass is 620 g/mol. The van der Waals surface area contributed by atoms with Gasteiger partial charge in [0.1, 0.15) is 11.6 Å². The molecule has 4 aromatic carbocycles. The van der Waals surface area contributed by atoms with E-state index < -0.39 is 27.3 Å². The molecule has 1 aliphatic carbocycles. The lowest BCUT2D eigenvalue weighted by Gasteiger charge is -2.30. The van der Waals surface area contributed by atoms with E-state index >= 15 is 0 Å². The Balaban J connectivity index is 1.32. The van der Waals surface area contributed by atoms with Gasteiger partial charge in [0.05, 0.1) is 32.2 Å². The van der Waals surface area contributed by atoms with Gasteiger partial charge in [0, 0.05) is 11.6 Å². The fourth-order valence-electron chi connectivity index (χ4n) is 5.76. The van der Waals surface area contributed by atoms with Crippen LogP contribution in [-0.4, -0.2) is 14.4 Å². The standard InChI is InChI=1S/C33H21FN4O6S/c34-22-11-8-21(9-12-22)31-26-14-10-20-5-1-2-7-25(20)30(26)35-33-36(31)32(39)29(45-33)17-19-4-3-6-24(16-19)44-28-15-13-23(37(40)41)18-27(28)38(42)43/h1-9,11-13,15-18,31H,10,14H2/b29-17-/t31-/m1/s1. The number of hydrogen-bond acceptors (Lipinski definition) is 8. The number of halogens is 1. The average Bonchev–Trinajstić information content (AvgIpc) is 3.34. The molecule has 0 radical (unpaired) electrons. The van der Waals surface area contributed by atoms with E-state index in [9.17, 15) is 29.4 Å². The van der Waals surface area contributed by atoms with Gasteiger partial charge in [0.15, 0.2) is 4.80 Å². The van der Waals surface area contributed by atoms with Gasteiger partial charge in [0.25, 0.3) is 11.2 Å². The van der Waals surface area contributed by atoms with Crippen molar-refractivity contribution in [2.45, 2.75) is 18.9 Å². The summed E-state index contributed by atoms with van der Waals surface area (Å²) in [6.07, 6.45) is 3.20. The Morgan fingerprint density at radius 2 is 1.73 bits per heavy atom. The number of nitro benzene ring substituents is 2.